The zero-order valence-electron chi connectivity index (χ0n) is 13.3. The van der Waals surface area contributed by atoms with Crippen LogP contribution in [0.4, 0.5) is 4.79 Å². The van der Waals surface area contributed by atoms with E-state index < -0.39 is 0 Å². The van der Waals surface area contributed by atoms with Gasteiger partial charge in [0.15, 0.2) is 5.82 Å². The summed E-state index contributed by atoms with van der Waals surface area (Å²) in [5.74, 6) is 0.816. The van der Waals surface area contributed by atoms with E-state index in [1.165, 1.54) is 6.42 Å². The summed E-state index contributed by atoms with van der Waals surface area (Å²) in [6, 6.07) is 0. The van der Waals surface area contributed by atoms with Gasteiger partial charge >= 0.3 is 6.09 Å². The van der Waals surface area contributed by atoms with Gasteiger partial charge in [0.05, 0.1) is 0 Å². The van der Waals surface area contributed by atoms with Crippen molar-refractivity contribution in [1.82, 2.24) is 15.0 Å². The monoisotopic (exact) mass is 299 g/mol. The standard InChI is InChI=1S/C10H19NO2.C4H6N2O2/c1-10(2,3)13-9(12)11-7-5-4-6-8-11;1-3-5-4(2-7)6-8-3/h4-8H2,1-3H3;7H,2H2,1H3. The lowest BCUT2D eigenvalue weighted by molar-refractivity contribution is 0.0216. The minimum Gasteiger partial charge on any atom is -0.444 e. The topological polar surface area (TPSA) is 88.7 Å². The van der Waals surface area contributed by atoms with E-state index in [-0.39, 0.29) is 18.3 Å². The van der Waals surface area contributed by atoms with E-state index in [1.54, 1.807) is 11.8 Å². The number of hydrogen-bond acceptors (Lipinski definition) is 6. The minimum atomic E-state index is -0.367. The van der Waals surface area contributed by atoms with Crippen LogP contribution in [0.3, 0.4) is 0 Å². The summed E-state index contributed by atoms with van der Waals surface area (Å²) in [6.45, 7) is 8.92. The van der Waals surface area contributed by atoms with Gasteiger partial charge in [0.1, 0.15) is 12.2 Å². The number of aliphatic hydroxyl groups is 1. The quantitative estimate of drug-likeness (QED) is 0.855. The van der Waals surface area contributed by atoms with Crippen molar-refractivity contribution >= 4 is 6.09 Å². The van der Waals surface area contributed by atoms with E-state index in [0.29, 0.717) is 11.7 Å². The van der Waals surface area contributed by atoms with Gasteiger partial charge in [-0.1, -0.05) is 5.16 Å². The molecule has 0 unspecified atom stereocenters. The SMILES string of the molecule is CC(C)(C)OC(=O)N1CCCCC1.Cc1nc(CO)no1. The fraction of sp³-hybridized carbons (Fsp3) is 0.786. The first kappa shape index (κ1) is 17.4. The molecule has 1 fully saturated rings. The molecule has 0 spiro atoms. The highest BCUT2D eigenvalue weighted by molar-refractivity contribution is 5.68. The number of piperidine rings is 1. The first-order chi connectivity index (χ1) is 9.81. The van der Waals surface area contributed by atoms with Crippen LogP contribution in [0.15, 0.2) is 4.52 Å². The average Bonchev–Trinajstić information content (AvgIpc) is 2.84. The van der Waals surface area contributed by atoms with Crippen molar-refractivity contribution in [3.8, 4) is 0 Å². The lowest BCUT2D eigenvalue weighted by atomic mass is 10.1. The maximum absolute atomic E-state index is 11.5. The van der Waals surface area contributed by atoms with Crippen molar-refractivity contribution in [2.24, 2.45) is 0 Å². The van der Waals surface area contributed by atoms with E-state index >= 15 is 0 Å². The molecule has 0 radical (unpaired) electrons. The highest BCUT2D eigenvalue weighted by Gasteiger charge is 2.22. The largest absolute Gasteiger partial charge is 0.444 e. The molecule has 1 aliphatic rings. The number of aromatic nitrogens is 2. The van der Waals surface area contributed by atoms with E-state index in [4.69, 9.17) is 9.84 Å². The summed E-state index contributed by atoms with van der Waals surface area (Å²) in [7, 11) is 0. The van der Waals surface area contributed by atoms with Gasteiger partial charge in [-0.25, -0.2) is 4.79 Å². The molecule has 0 aromatic carbocycles. The van der Waals surface area contributed by atoms with Gasteiger partial charge in [0.2, 0.25) is 5.89 Å². The van der Waals surface area contributed by atoms with Gasteiger partial charge in [0.25, 0.3) is 0 Å². The molecular weight excluding hydrogens is 274 g/mol. The Bertz CT molecular complexity index is 434. The average molecular weight is 299 g/mol. The van der Waals surface area contributed by atoms with Crippen molar-refractivity contribution < 1.29 is 19.2 Å². The van der Waals surface area contributed by atoms with Gasteiger partial charge in [-0.2, -0.15) is 4.98 Å². The van der Waals surface area contributed by atoms with E-state index in [1.807, 2.05) is 20.8 Å². The fourth-order valence-corrected chi connectivity index (χ4v) is 1.81. The van der Waals surface area contributed by atoms with Gasteiger partial charge in [-0.15, -0.1) is 0 Å². The Labute approximate surface area is 125 Å². The second-order valence-electron chi connectivity index (χ2n) is 5.92. The molecule has 120 valence electrons. The summed E-state index contributed by atoms with van der Waals surface area (Å²) in [4.78, 5) is 17.0. The van der Waals surface area contributed by atoms with Crippen LogP contribution in [0, 0.1) is 6.92 Å². The molecule has 21 heavy (non-hydrogen) atoms. The predicted molar refractivity (Wildman–Crippen MR) is 76.6 cm³/mol. The molecule has 2 rings (SSSR count). The zero-order valence-corrected chi connectivity index (χ0v) is 13.3. The van der Waals surface area contributed by atoms with Crippen molar-refractivity contribution in [3.63, 3.8) is 0 Å². The van der Waals surface area contributed by atoms with Crippen molar-refractivity contribution in [1.29, 1.82) is 0 Å². The molecule has 1 aromatic heterocycles. The summed E-state index contributed by atoms with van der Waals surface area (Å²) >= 11 is 0. The van der Waals surface area contributed by atoms with Crippen LogP contribution < -0.4 is 0 Å². The minimum absolute atomic E-state index is 0.155. The van der Waals surface area contributed by atoms with Crippen LogP contribution in [0.1, 0.15) is 51.7 Å². The number of hydrogen-bond donors (Lipinski definition) is 1. The van der Waals surface area contributed by atoms with E-state index in [9.17, 15) is 4.79 Å². The van der Waals surface area contributed by atoms with Crippen LogP contribution in [-0.2, 0) is 11.3 Å². The molecule has 1 amide bonds. The van der Waals surface area contributed by atoms with Crippen LogP contribution >= 0.6 is 0 Å². The predicted octanol–water partition coefficient (Wildman–Crippen LogP) is 2.28. The van der Waals surface area contributed by atoms with Crippen LogP contribution in [0.25, 0.3) is 0 Å². The Morgan fingerprint density at radius 3 is 2.33 bits per heavy atom. The Hall–Kier alpha value is -1.63. The van der Waals surface area contributed by atoms with E-state index in [0.717, 1.165) is 25.9 Å². The van der Waals surface area contributed by atoms with E-state index in [2.05, 4.69) is 14.7 Å². The molecule has 7 heteroatoms. The first-order valence-electron chi connectivity index (χ1n) is 7.20. The molecular formula is C14H25N3O4. The summed E-state index contributed by atoms with van der Waals surface area (Å²) in [5, 5.41) is 11.8. The molecule has 1 aromatic rings. The molecule has 1 aliphatic heterocycles. The number of aryl methyl sites for hydroxylation is 1. The highest BCUT2D eigenvalue weighted by atomic mass is 16.6. The number of amides is 1. The molecule has 1 N–H and O–H groups in total. The first-order valence-corrected chi connectivity index (χ1v) is 7.20. The number of carbonyl (C=O) groups is 1. The Morgan fingerprint density at radius 1 is 1.33 bits per heavy atom. The van der Waals surface area contributed by atoms with Crippen molar-refractivity contribution in [2.75, 3.05) is 13.1 Å². The summed E-state index contributed by atoms with van der Waals surface area (Å²) in [5.41, 5.74) is -0.367. The highest BCUT2D eigenvalue weighted by Crippen LogP contribution is 2.14. The van der Waals surface area contributed by atoms with Crippen LogP contribution in [-0.4, -0.2) is 44.9 Å². The summed E-state index contributed by atoms with van der Waals surface area (Å²) < 4.78 is 9.80. The van der Waals surface area contributed by atoms with Gasteiger partial charge in [-0.3, -0.25) is 0 Å². The number of likely N-dealkylation sites (tertiary alicyclic amines) is 1. The Balaban J connectivity index is 0.000000235. The Morgan fingerprint density at radius 2 is 1.95 bits per heavy atom. The Kier molecular flexibility index (Phi) is 6.61. The number of rotatable bonds is 1. The normalized spacial score (nSPS) is 15.2. The van der Waals surface area contributed by atoms with Gasteiger partial charge in [-0.05, 0) is 40.0 Å². The molecule has 0 saturated carbocycles. The second-order valence-corrected chi connectivity index (χ2v) is 5.92. The molecule has 0 atom stereocenters. The lowest BCUT2D eigenvalue weighted by Crippen LogP contribution is -2.39. The fourth-order valence-electron chi connectivity index (χ4n) is 1.81. The zero-order chi connectivity index (χ0) is 15.9. The number of aliphatic hydroxyl groups excluding tert-OH is 1. The molecule has 1 saturated heterocycles. The number of ether oxygens (including phenoxy) is 1. The second kappa shape index (κ2) is 7.97. The molecule has 7 nitrogen and oxygen atoms in total. The third-order valence-corrected chi connectivity index (χ3v) is 2.72. The van der Waals surface area contributed by atoms with Gasteiger partial charge < -0.3 is 19.3 Å². The van der Waals surface area contributed by atoms with Crippen molar-refractivity contribution in [2.45, 2.75) is 59.2 Å². The van der Waals surface area contributed by atoms with Crippen LogP contribution in [0.2, 0.25) is 0 Å². The summed E-state index contributed by atoms with van der Waals surface area (Å²) in [6.07, 6.45) is 3.30. The molecule has 0 bridgehead atoms. The third-order valence-electron chi connectivity index (χ3n) is 2.72. The van der Waals surface area contributed by atoms with Crippen LogP contribution in [0.5, 0.6) is 0 Å². The maximum Gasteiger partial charge on any atom is 0.410 e. The molecule has 0 aliphatic carbocycles. The number of carbonyl (C=O) groups excluding carboxylic acids is 1. The van der Waals surface area contributed by atoms with Crippen molar-refractivity contribution in [3.05, 3.63) is 11.7 Å². The smallest absolute Gasteiger partial charge is 0.410 e. The van der Waals surface area contributed by atoms with Gasteiger partial charge in [0, 0.05) is 20.0 Å². The maximum atomic E-state index is 11.5. The molecule has 2 heterocycles. The number of nitrogens with zero attached hydrogens (tertiary/aromatic N) is 3. The lowest BCUT2D eigenvalue weighted by Gasteiger charge is -2.29. The third kappa shape index (κ3) is 7.08.